The third kappa shape index (κ3) is 2.18. The van der Waals surface area contributed by atoms with Crippen molar-refractivity contribution in [3.63, 3.8) is 0 Å². The highest BCUT2D eigenvalue weighted by Gasteiger charge is 2.43. The van der Waals surface area contributed by atoms with Crippen LogP contribution in [0.2, 0.25) is 0 Å². The van der Waals surface area contributed by atoms with Crippen molar-refractivity contribution >= 4 is 17.3 Å². The summed E-state index contributed by atoms with van der Waals surface area (Å²) in [5.41, 5.74) is 0.869. The largest absolute Gasteiger partial charge is 0.494 e. The molecule has 1 aliphatic heterocycles. The number of benzene rings is 1. The molecule has 0 saturated carbocycles. The summed E-state index contributed by atoms with van der Waals surface area (Å²) in [5, 5.41) is 23.6. The van der Waals surface area contributed by atoms with Crippen molar-refractivity contribution in [2.24, 2.45) is 5.92 Å². The van der Waals surface area contributed by atoms with Crippen LogP contribution in [0.4, 0.5) is 11.4 Å². The van der Waals surface area contributed by atoms with E-state index in [1.807, 2.05) is 19.1 Å². The Hall–Kier alpha value is -2.57. The summed E-state index contributed by atoms with van der Waals surface area (Å²) in [5.74, 6) is -0.840. The molecule has 2 aliphatic rings. The van der Waals surface area contributed by atoms with E-state index in [2.05, 4.69) is 5.32 Å². The Bertz CT molecular complexity index is 670. The van der Waals surface area contributed by atoms with Gasteiger partial charge in [-0.1, -0.05) is 12.2 Å². The molecule has 1 aromatic rings. The van der Waals surface area contributed by atoms with Crippen LogP contribution in [0.1, 0.15) is 24.8 Å². The van der Waals surface area contributed by atoms with Crippen LogP contribution in [-0.4, -0.2) is 28.6 Å². The number of carbonyl (C=O) groups is 1. The minimum Gasteiger partial charge on any atom is -0.494 e. The van der Waals surface area contributed by atoms with Gasteiger partial charge in [0.05, 0.1) is 17.6 Å². The number of carboxylic acids is 1. The molecule has 0 saturated heterocycles. The molecule has 0 radical (unpaired) electrons. The number of ether oxygens (including phenoxy) is 1. The predicted molar refractivity (Wildman–Crippen MR) is 79.3 cm³/mol. The summed E-state index contributed by atoms with van der Waals surface area (Å²) < 4.78 is 5.41. The van der Waals surface area contributed by atoms with Crippen molar-refractivity contribution in [3.8, 4) is 5.75 Å². The summed E-state index contributed by atoms with van der Waals surface area (Å²) >= 11 is 0. The highest BCUT2D eigenvalue weighted by Crippen LogP contribution is 2.49. The number of fused-ring (bicyclic) bond motifs is 3. The first-order chi connectivity index (χ1) is 10.5. The van der Waals surface area contributed by atoms with E-state index in [9.17, 15) is 20.0 Å². The van der Waals surface area contributed by atoms with Gasteiger partial charge in [0, 0.05) is 11.8 Å². The molecule has 0 bridgehead atoms. The Balaban J connectivity index is 2.16. The number of aliphatic carboxylic acids is 1. The molecule has 0 fully saturated rings. The molecule has 3 atom stereocenters. The Labute approximate surface area is 126 Å². The first-order valence-electron chi connectivity index (χ1n) is 7.14. The molecule has 7 heteroatoms. The number of carboxylic acid groups (broad SMARTS) is 1. The minimum absolute atomic E-state index is 0.138. The zero-order valence-corrected chi connectivity index (χ0v) is 12.0. The van der Waals surface area contributed by atoms with E-state index in [0.29, 0.717) is 18.8 Å². The van der Waals surface area contributed by atoms with E-state index in [0.717, 1.165) is 5.56 Å². The molecule has 0 aromatic heterocycles. The topological polar surface area (TPSA) is 102 Å². The second-order valence-electron chi connectivity index (χ2n) is 5.41. The van der Waals surface area contributed by atoms with Crippen LogP contribution in [0.3, 0.4) is 0 Å². The lowest BCUT2D eigenvalue weighted by molar-refractivity contribution is -0.384. The molecule has 0 unspecified atom stereocenters. The molecule has 7 nitrogen and oxygen atoms in total. The van der Waals surface area contributed by atoms with Crippen LogP contribution in [-0.2, 0) is 4.79 Å². The summed E-state index contributed by atoms with van der Waals surface area (Å²) in [6.45, 7) is 2.22. The number of hydrogen-bond donors (Lipinski definition) is 2. The second-order valence-corrected chi connectivity index (χ2v) is 5.41. The van der Waals surface area contributed by atoms with E-state index in [1.165, 1.54) is 6.07 Å². The van der Waals surface area contributed by atoms with Gasteiger partial charge in [0.1, 0.15) is 17.5 Å². The number of rotatable bonds is 4. The van der Waals surface area contributed by atoms with E-state index < -0.39 is 16.9 Å². The molecular weight excluding hydrogens is 288 g/mol. The van der Waals surface area contributed by atoms with Gasteiger partial charge in [-0.3, -0.25) is 10.1 Å². The van der Waals surface area contributed by atoms with Gasteiger partial charge in [-0.2, -0.15) is 0 Å². The van der Waals surface area contributed by atoms with Gasteiger partial charge in [-0.25, -0.2) is 4.79 Å². The van der Waals surface area contributed by atoms with Crippen LogP contribution in [0, 0.1) is 16.0 Å². The first-order valence-corrected chi connectivity index (χ1v) is 7.14. The van der Waals surface area contributed by atoms with Crippen LogP contribution >= 0.6 is 0 Å². The van der Waals surface area contributed by atoms with Gasteiger partial charge < -0.3 is 15.2 Å². The molecule has 1 aromatic carbocycles. The standard InChI is InChI=1S/C15H16N2O5/c1-2-22-8-6-11-9-4-3-5-10(9)14(15(18)19)16-13(11)12(7-8)17(20)21/h3-4,6-7,9-10,14,16H,2,5H2,1H3,(H,18,19)/t9-,10+,14+/m1/s1. The highest BCUT2D eigenvalue weighted by atomic mass is 16.6. The molecule has 116 valence electrons. The van der Waals surface area contributed by atoms with Crippen LogP contribution in [0.25, 0.3) is 0 Å². The van der Waals surface area contributed by atoms with Crippen LogP contribution in [0.15, 0.2) is 24.3 Å². The normalized spacial score (nSPS) is 25.0. The van der Waals surface area contributed by atoms with E-state index in [4.69, 9.17) is 4.74 Å². The second kappa shape index (κ2) is 5.32. The maximum absolute atomic E-state index is 11.5. The highest BCUT2D eigenvalue weighted by molar-refractivity contribution is 5.83. The molecule has 3 rings (SSSR count). The van der Waals surface area contributed by atoms with Crippen molar-refractivity contribution in [2.75, 3.05) is 11.9 Å². The Morgan fingerprint density at radius 2 is 2.32 bits per heavy atom. The number of nitro groups is 1. The molecule has 22 heavy (non-hydrogen) atoms. The van der Waals surface area contributed by atoms with Crippen molar-refractivity contribution in [1.29, 1.82) is 0 Å². The van der Waals surface area contributed by atoms with Gasteiger partial charge in [0.25, 0.3) is 5.69 Å². The quantitative estimate of drug-likeness (QED) is 0.503. The average molecular weight is 304 g/mol. The van der Waals surface area contributed by atoms with Gasteiger partial charge in [-0.15, -0.1) is 0 Å². The molecular formula is C15H16N2O5. The van der Waals surface area contributed by atoms with Gasteiger partial charge in [-0.05, 0) is 25.0 Å². The number of allylic oxidation sites excluding steroid dienone is 2. The smallest absolute Gasteiger partial charge is 0.326 e. The summed E-state index contributed by atoms with van der Waals surface area (Å²) in [6.07, 6.45) is 4.50. The maximum atomic E-state index is 11.5. The summed E-state index contributed by atoms with van der Waals surface area (Å²) in [4.78, 5) is 22.3. The third-order valence-electron chi connectivity index (χ3n) is 4.20. The fourth-order valence-corrected chi connectivity index (χ4v) is 3.29. The lowest BCUT2D eigenvalue weighted by Crippen LogP contribution is -2.42. The average Bonchev–Trinajstić information content (AvgIpc) is 2.95. The molecule has 1 aliphatic carbocycles. The zero-order chi connectivity index (χ0) is 15.9. The molecule has 1 heterocycles. The van der Waals surface area contributed by atoms with Crippen molar-refractivity contribution in [2.45, 2.75) is 25.3 Å². The molecule has 2 N–H and O–H groups in total. The van der Waals surface area contributed by atoms with E-state index >= 15 is 0 Å². The minimum atomic E-state index is -0.993. The molecule has 0 amide bonds. The lowest BCUT2D eigenvalue weighted by Gasteiger charge is -2.34. The first kappa shape index (κ1) is 14.4. The number of nitro benzene ring substituents is 1. The van der Waals surface area contributed by atoms with Crippen molar-refractivity contribution < 1.29 is 19.6 Å². The fraction of sp³-hybridized carbons (Fsp3) is 0.400. The monoisotopic (exact) mass is 304 g/mol. The Morgan fingerprint density at radius 1 is 1.55 bits per heavy atom. The Kier molecular flexibility index (Phi) is 3.48. The lowest BCUT2D eigenvalue weighted by atomic mass is 9.79. The summed E-state index contributed by atoms with van der Waals surface area (Å²) in [7, 11) is 0. The van der Waals surface area contributed by atoms with Gasteiger partial charge in [0.2, 0.25) is 0 Å². The SMILES string of the molecule is CCOc1cc2c(c([N+](=O)[O-])c1)N[C@H](C(=O)O)[C@H]1CC=C[C@@H]21. The predicted octanol–water partition coefficient (Wildman–Crippen LogP) is 2.53. The van der Waals surface area contributed by atoms with Crippen LogP contribution < -0.4 is 10.1 Å². The fourth-order valence-electron chi connectivity index (χ4n) is 3.29. The zero-order valence-electron chi connectivity index (χ0n) is 12.0. The number of nitrogens with zero attached hydrogens (tertiary/aromatic N) is 1. The van der Waals surface area contributed by atoms with E-state index in [-0.39, 0.29) is 23.2 Å². The molecule has 0 spiro atoms. The van der Waals surface area contributed by atoms with Crippen molar-refractivity contribution in [3.05, 3.63) is 40.0 Å². The van der Waals surface area contributed by atoms with Gasteiger partial charge >= 0.3 is 5.97 Å². The Morgan fingerprint density at radius 3 is 2.95 bits per heavy atom. The van der Waals surface area contributed by atoms with Crippen LogP contribution in [0.5, 0.6) is 5.75 Å². The third-order valence-corrected chi connectivity index (χ3v) is 4.20. The van der Waals surface area contributed by atoms with Crippen molar-refractivity contribution in [1.82, 2.24) is 0 Å². The summed E-state index contributed by atoms with van der Waals surface area (Å²) in [6, 6.07) is 2.28. The number of nitrogens with one attached hydrogen (secondary N) is 1. The van der Waals surface area contributed by atoms with Gasteiger partial charge in [0.15, 0.2) is 0 Å². The van der Waals surface area contributed by atoms with E-state index in [1.54, 1.807) is 6.07 Å². The number of hydrogen-bond acceptors (Lipinski definition) is 5. The number of anilines is 1. The maximum Gasteiger partial charge on any atom is 0.326 e.